The third-order valence-electron chi connectivity index (χ3n) is 5.97. The van der Waals surface area contributed by atoms with Crippen LogP contribution in [-0.4, -0.2) is 19.9 Å². The minimum Gasteiger partial charge on any atom is -0.345 e. The lowest BCUT2D eigenvalue weighted by atomic mass is 10.1. The van der Waals surface area contributed by atoms with Crippen molar-refractivity contribution in [2.24, 2.45) is 0 Å². The van der Waals surface area contributed by atoms with E-state index in [1.807, 2.05) is 67.6 Å². The van der Waals surface area contributed by atoms with E-state index in [0.29, 0.717) is 16.3 Å². The van der Waals surface area contributed by atoms with Gasteiger partial charge in [-0.1, -0.05) is 72.3 Å². The molecule has 0 saturated heterocycles. The summed E-state index contributed by atoms with van der Waals surface area (Å²) in [4.78, 5) is 31.4. The molecule has 0 spiro atoms. The molecule has 5 rings (SSSR count). The van der Waals surface area contributed by atoms with E-state index in [2.05, 4.69) is 10.3 Å². The molecule has 2 aromatic carbocycles. The number of amides is 1. The van der Waals surface area contributed by atoms with E-state index in [-0.39, 0.29) is 34.6 Å². The van der Waals surface area contributed by atoms with Crippen LogP contribution in [0.25, 0.3) is 16.7 Å². The second kappa shape index (κ2) is 9.19. The number of carbonyl (C=O) groups excluding carboxylic acids is 1. The van der Waals surface area contributed by atoms with Gasteiger partial charge in [0, 0.05) is 6.20 Å². The number of carbonyl (C=O) groups is 1. The molecule has 8 heteroatoms. The van der Waals surface area contributed by atoms with Crippen LogP contribution in [0.2, 0.25) is 5.02 Å². The van der Waals surface area contributed by atoms with Gasteiger partial charge in [0.1, 0.15) is 11.1 Å². The normalized spacial score (nSPS) is 12.1. The Balaban J connectivity index is 1.71. The van der Waals surface area contributed by atoms with Crippen molar-refractivity contribution in [2.45, 2.75) is 19.5 Å². The standard InChI is InChI=1S/C27H22ClN5O2/c1-17(19-11-6-3-7-12-19)30-26(34)20-15-21-24(31-25-22(28)13-8-14-32(25)27(21)35)33(23(20)29)16-18-9-4-2-5-10-18/h2-15,17,29H,16H2,1H3,(H,30,34)/t17-/m0/s1. The van der Waals surface area contributed by atoms with Crippen molar-refractivity contribution in [3.05, 3.63) is 123 Å². The number of rotatable bonds is 5. The van der Waals surface area contributed by atoms with Gasteiger partial charge in [0.05, 0.1) is 28.6 Å². The summed E-state index contributed by atoms with van der Waals surface area (Å²) < 4.78 is 2.94. The number of halogens is 1. The molecule has 0 fully saturated rings. The molecule has 3 heterocycles. The highest BCUT2D eigenvalue weighted by molar-refractivity contribution is 6.33. The van der Waals surface area contributed by atoms with Gasteiger partial charge in [-0.3, -0.25) is 19.4 Å². The SMILES string of the molecule is C[C@H](NC(=O)c1cc2c(=O)n3cccc(Cl)c3nc2n(Cc2ccccc2)c1=N)c1ccccc1. The fraction of sp³-hybridized carbons (Fsp3) is 0.111. The fourth-order valence-electron chi connectivity index (χ4n) is 4.12. The van der Waals surface area contributed by atoms with Gasteiger partial charge < -0.3 is 9.88 Å². The predicted octanol–water partition coefficient (Wildman–Crippen LogP) is 4.32. The van der Waals surface area contributed by atoms with Crippen molar-refractivity contribution >= 4 is 34.2 Å². The number of pyridine rings is 2. The number of aromatic nitrogens is 3. The van der Waals surface area contributed by atoms with Crippen LogP contribution in [0, 0.1) is 5.41 Å². The van der Waals surface area contributed by atoms with Crippen molar-refractivity contribution in [3.8, 4) is 0 Å². The summed E-state index contributed by atoms with van der Waals surface area (Å²) >= 11 is 6.34. The smallest absolute Gasteiger partial charge is 0.267 e. The monoisotopic (exact) mass is 483 g/mol. The van der Waals surface area contributed by atoms with Crippen LogP contribution in [-0.2, 0) is 6.54 Å². The molecule has 0 radical (unpaired) electrons. The molecular weight excluding hydrogens is 462 g/mol. The van der Waals surface area contributed by atoms with Gasteiger partial charge in [-0.25, -0.2) is 4.98 Å². The molecule has 0 aliphatic carbocycles. The first-order valence-corrected chi connectivity index (χ1v) is 11.5. The molecule has 0 saturated carbocycles. The Morgan fingerprint density at radius 1 is 1.03 bits per heavy atom. The van der Waals surface area contributed by atoms with E-state index < -0.39 is 5.91 Å². The Hall–Kier alpha value is -4.23. The molecule has 174 valence electrons. The zero-order valence-electron chi connectivity index (χ0n) is 18.9. The van der Waals surface area contributed by atoms with Gasteiger partial charge in [0.2, 0.25) is 0 Å². The number of hydrogen-bond acceptors (Lipinski definition) is 4. The molecule has 1 atom stereocenters. The van der Waals surface area contributed by atoms with Gasteiger partial charge in [-0.2, -0.15) is 0 Å². The van der Waals surface area contributed by atoms with E-state index in [0.717, 1.165) is 11.1 Å². The average molecular weight is 484 g/mol. The molecule has 0 unspecified atom stereocenters. The third kappa shape index (κ3) is 4.22. The summed E-state index contributed by atoms with van der Waals surface area (Å²) in [5.41, 5.74) is 2.13. The second-order valence-corrected chi connectivity index (χ2v) is 8.70. The van der Waals surface area contributed by atoms with Crippen LogP contribution in [0.15, 0.2) is 89.9 Å². The maximum atomic E-state index is 13.4. The van der Waals surface area contributed by atoms with Crippen molar-refractivity contribution in [3.63, 3.8) is 0 Å². The van der Waals surface area contributed by atoms with Crippen LogP contribution in [0.4, 0.5) is 0 Å². The molecule has 0 aliphatic rings. The average Bonchev–Trinajstić information content (AvgIpc) is 2.87. The molecule has 3 aromatic heterocycles. The predicted molar refractivity (Wildman–Crippen MR) is 136 cm³/mol. The zero-order chi connectivity index (χ0) is 24.5. The van der Waals surface area contributed by atoms with E-state index in [1.165, 1.54) is 10.5 Å². The molecular formula is C27H22ClN5O2. The Bertz CT molecular complexity index is 1680. The van der Waals surface area contributed by atoms with Crippen LogP contribution in [0.3, 0.4) is 0 Å². The number of fused-ring (bicyclic) bond motifs is 2. The molecule has 0 bridgehead atoms. The molecule has 0 aliphatic heterocycles. The van der Waals surface area contributed by atoms with E-state index in [1.54, 1.807) is 22.9 Å². The molecule has 35 heavy (non-hydrogen) atoms. The summed E-state index contributed by atoms with van der Waals surface area (Å²) in [6, 6.07) is 23.6. The van der Waals surface area contributed by atoms with E-state index >= 15 is 0 Å². The minimum atomic E-state index is -0.439. The molecule has 5 aromatic rings. The first-order chi connectivity index (χ1) is 16.9. The number of hydrogen-bond donors (Lipinski definition) is 2. The van der Waals surface area contributed by atoms with Crippen LogP contribution < -0.4 is 16.4 Å². The Morgan fingerprint density at radius 3 is 2.43 bits per heavy atom. The highest BCUT2D eigenvalue weighted by Crippen LogP contribution is 2.18. The lowest BCUT2D eigenvalue weighted by Gasteiger charge is -2.17. The largest absolute Gasteiger partial charge is 0.345 e. The van der Waals surface area contributed by atoms with Crippen molar-refractivity contribution in [1.82, 2.24) is 19.3 Å². The zero-order valence-corrected chi connectivity index (χ0v) is 19.7. The van der Waals surface area contributed by atoms with Crippen LogP contribution in [0.5, 0.6) is 0 Å². The van der Waals surface area contributed by atoms with E-state index in [4.69, 9.17) is 17.0 Å². The van der Waals surface area contributed by atoms with E-state index in [9.17, 15) is 9.59 Å². The van der Waals surface area contributed by atoms with Gasteiger partial charge >= 0.3 is 0 Å². The maximum absolute atomic E-state index is 13.4. The molecule has 2 N–H and O–H groups in total. The van der Waals surface area contributed by atoms with Gasteiger partial charge in [0.25, 0.3) is 11.5 Å². The highest BCUT2D eigenvalue weighted by atomic mass is 35.5. The van der Waals surface area contributed by atoms with Crippen molar-refractivity contribution < 1.29 is 4.79 Å². The quantitative estimate of drug-likeness (QED) is 0.365. The van der Waals surface area contributed by atoms with Crippen LogP contribution in [0.1, 0.15) is 34.5 Å². The summed E-state index contributed by atoms with van der Waals surface area (Å²) in [6.45, 7) is 2.14. The Kier molecular flexibility index (Phi) is 5.93. The fourth-order valence-corrected chi connectivity index (χ4v) is 4.33. The summed E-state index contributed by atoms with van der Waals surface area (Å²) in [6.07, 6.45) is 1.59. The second-order valence-electron chi connectivity index (χ2n) is 8.29. The summed E-state index contributed by atoms with van der Waals surface area (Å²) in [5, 5.41) is 12.4. The van der Waals surface area contributed by atoms with Gasteiger partial charge in [-0.15, -0.1) is 0 Å². The topological polar surface area (TPSA) is 92.2 Å². The Morgan fingerprint density at radius 2 is 1.71 bits per heavy atom. The lowest BCUT2D eigenvalue weighted by molar-refractivity contribution is 0.0937. The summed E-state index contributed by atoms with van der Waals surface area (Å²) in [7, 11) is 0. The van der Waals surface area contributed by atoms with Crippen LogP contribution >= 0.6 is 11.6 Å². The van der Waals surface area contributed by atoms with Crippen molar-refractivity contribution in [2.75, 3.05) is 0 Å². The van der Waals surface area contributed by atoms with Crippen molar-refractivity contribution in [1.29, 1.82) is 5.41 Å². The Labute approximate surface area is 205 Å². The number of nitrogens with one attached hydrogen (secondary N) is 2. The van der Waals surface area contributed by atoms with Gasteiger partial charge in [-0.05, 0) is 36.2 Å². The molecule has 7 nitrogen and oxygen atoms in total. The highest BCUT2D eigenvalue weighted by Gasteiger charge is 2.20. The first-order valence-electron chi connectivity index (χ1n) is 11.1. The minimum absolute atomic E-state index is 0.0394. The number of benzene rings is 2. The summed E-state index contributed by atoms with van der Waals surface area (Å²) in [5.74, 6) is -0.439. The lowest BCUT2D eigenvalue weighted by Crippen LogP contribution is -2.36. The number of nitrogens with zero attached hydrogens (tertiary/aromatic N) is 3. The third-order valence-corrected chi connectivity index (χ3v) is 6.26. The van der Waals surface area contributed by atoms with Gasteiger partial charge in [0.15, 0.2) is 5.65 Å². The maximum Gasteiger partial charge on any atom is 0.267 e. The first kappa shape index (κ1) is 22.6. The molecule has 1 amide bonds.